The van der Waals surface area contributed by atoms with Crippen molar-refractivity contribution in [3.63, 3.8) is 0 Å². The zero-order valence-electron chi connectivity index (χ0n) is 13.2. The van der Waals surface area contributed by atoms with E-state index in [2.05, 4.69) is 30.2 Å². The van der Waals surface area contributed by atoms with Crippen molar-refractivity contribution in [2.75, 3.05) is 0 Å². The Morgan fingerprint density at radius 3 is 2.24 bits per heavy atom. The van der Waals surface area contributed by atoms with Crippen LogP contribution in [-0.2, 0) is 11.3 Å². The summed E-state index contributed by atoms with van der Waals surface area (Å²) in [6.45, 7) is 4.83. The summed E-state index contributed by atoms with van der Waals surface area (Å²) in [7, 11) is 0. The standard InChI is InChI=1S/C18H26N2O/c1-11-3-16(12(2)20-11)10-19-17(21)18-7-13-4-14(8-18)6-15(5-13)9-18/h3,13-15,20H,4-10H2,1-2H3,(H,19,21). The highest BCUT2D eigenvalue weighted by Crippen LogP contribution is 2.60. The summed E-state index contributed by atoms with van der Waals surface area (Å²) in [6, 6.07) is 2.15. The number of aromatic amines is 1. The summed E-state index contributed by atoms with van der Waals surface area (Å²) < 4.78 is 0. The number of hydrogen-bond donors (Lipinski definition) is 2. The molecule has 1 aromatic heterocycles. The van der Waals surface area contributed by atoms with Gasteiger partial charge in [0.05, 0.1) is 0 Å². The number of carbonyl (C=O) groups excluding carboxylic acids is 1. The molecule has 3 heteroatoms. The monoisotopic (exact) mass is 286 g/mol. The number of nitrogens with one attached hydrogen (secondary N) is 2. The van der Waals surface area contributed by atoms with Gasteiger partial charge in [0.2, 0.25) is 5.91 Å². The van der Waals surface area contributed by atoms with Gasteiger partial charge in [-0.2, -0.15) is 0 Å². The Bertz CT molecular complexity index is 536. The number of aryl methyl sites for hydroxylation is 2. The van der Waals surface area contributed by atoms with E-state index in [-0.39, 0.29) is 5.41 Å². The first-order chi connectivity index (χ1) is 10.0. The SMILES string of the molecule is Cc1cc(CNC(=O)C23CC4CC(CC(C4)C2)C3)c(C)[nH]1. The molecule has 4 aliphatic carbocycles. The van der Waals surface area contributed by atoms with Gasteiger partial charge in [-0.15, -0.1) is 0 Å². The van der Waals surface area contributed by atoms with E-state index in [1.54, 1.807) is 0 Å². The Balaban J connectivity index is 1.46. The van der Waals surface area contributed by atoms with Crippen LogP contribution in [0.4, 0.5) is 0 Å². The molecule has 4 fully saturated rings. The minimum atomic E-state index is -0.0198. The largest absolute Gasteiger partial charge is 0.362 e. The molecule has 5 rings (SSSR count). The Hall–Kier alpha value is -1.25. The van der Waals surface area contributed by atoms with E-state index in [1.165, 1.54) is 36.2 Å². The zero-order valence-corrected chi connectivity index (χ0v) is 13.2. The second-order valence-corrected chi connectivity index (χ2v) is 7.98. The fourth-order valence-corrected chi connectivity index (χ4v) is 5.72. The molecule has 4 bridgehead atoms. The molecule has 0 spiro atoms. The van der Waals surface area contributed by atoms with Crippen LogP contribution in [-0.4, -0.2) is 10.9 Å². The molecule has 1 amide bonds. The molecule has 0 aliphatic heterocycles. The van der Waals surface area contributed by atoms with Crippen molar-refractivity contribution >= 4 is 5.91 Å². The molecule has 114 valence electrons. The van der Waals surface area contributed by atoms with E-state index in [0.717, 1.165) is 37.0 Å². The fraction of sp³-hybridized carbons (Fsp3) is 0.722. The fourth-order valence-electron chi connectivity index (χ4n) is 5.72. The molecule has 3 nitrogen and oxygen atoms in total. The van der Waals surface area contributed by atoms with E-state index in [0.29, 0.717) is 12.5 Å². The highest BCUT2D eigenvalue weighted by Gasteiger charge is 2.54. The highest BCUT2D eigenvalue weighted by atomic mass is 16.2. The number of hydrogen-bond acceptors (Lipinski definition) is 1. The third-order valence-corrected chi connectivity index (χ3v) is 6.22. The molecule has 21 heavy (non-hydrogen) atoms. The lowest BCUT2D eigenvalue weighted by molar-refractivity contribution is -0.146. The van der Waals surface area contributed by atoms with Crippen molar-refractivity contribution in [2.24, 2.45) is 23.2 Å². The van der Waals surface area contributed by atoms with Gasteiger partial charge >= 0.3 is 0 Å². The van der Waals surface area contributed by atoms with Gasteiger partial charge in [0.25, 0.3) is 0 Å². The van der Waals surface area contributed by atoms with Crippen molar-refractivity contribution in [3.8, 4) is 0 Å². The minimum absolute atomic E-state index is 0.0198. The summed E-state index contributed by atoms with van der Waals surface area (Å²) in [5, 5.41) is 3.25. The van der Waals surface area contributed by atoms with Crippen molar-refractivity contribution in [2.45, 2.75) is 58.9 Å². The number of H-pyrrole nitrogens is 1. The van der Waals surface area contributed by atoms with Crippen LogP contribution in [0.1, 0.15) is 55.5 Å². The maximum atomic E-state index is 12.9. The van der Waals surface area contributed by atoms with Crippen molar-refractivity contribution in [1.29, 1.82) is 0 Å². The molecular formula is C18H26N2O. The van der Waals surface area contributed by atoms with Gasteiger partial charge in [-0.05, 0) is 81.8 Å². The van der Waals surface area contributed by atoms with Crippen molar-refractivity contribution < 1.29 is 4.79 Å². The number of rotatable bonds is 3. The summed E-state index contributed by atoms with van der Waals surface area (Å²) in [5.41, 5.74) is 3.56. The van der Waals surface area contributed by atoms with Crippen LogP contribution in [0.2, 0.25) is 0 Å². The molecule has 0 radical (unpaired) electrons. The summed E-state index contributed by atoms with van der Waals surface area (Å²) >= 11 is 0. The topological polar surface area (TPSA) is 44.9 Å². The van der Waals surface area contributed by atoms with Crippen molar-refractivity contribution in [3.05, 3.63) is 23.0 Å². The molecule has 4 aliphatic rings. The van der Waals surface area contributed by atoms with Crippen LogP contribution in [0, 0.1) is 37.0 Å². The minimum Gasteiger partial charge on any atom is -0.362 e. The van der Waals surface area contributed by atoms with E-state index in [9.17, 15) is 4.79 Å². The van der Waals surface area contributed by atoms with Crippen LogP contribution in [0.25, 0.3) is 0 Å². The molecule has 0 aromatic carbocycles. The molecule has 1 aromatic rings. The first-order valence-corrected chi connectivity index (χ1v) is 8.47. The lowest BCUT2D eigenvalue weighted by Gasteiger charge is -2.55. The van der Waals surface area contributed by atoms with Gasteiger partial charge in [0.1, 0.15) is 0 Å². The number of carbonyl (C=O) groups is 1. The Kier molecular flexibility index (Phi) is 2.95. The zero-order chi connectivity index (χ0) is 14.6. The third kappa shape index (κ3) is 2.21. The van der Waals surface area contributed by atoms with Gasteiger partial charge in [-0.3, -0.25) is 4.79 Å². The van der Waals surface area contributed by atoms with Crippen LogP contribution >= 0.6 is 0 Å². The van der Waals surface area contributed by atoms with Crippen LogP contribution in [0.15, 0.2) is 6.07 Å². The van der Waals surface area contributed by atoms with Crippen molar-refractivity contribution in [1.82, 2.24) is 10.3 Å². The predicted molar refractivity (Wildman–Crippen MR) is 82.7 cm³/mol. The van der Waals surface area contributed by atoms with Gasteiger partial charge in [0, 0.05) is 23.3 Å². The summed E-state index contributed by atoms with van der Waals surface area (Å²) in [5.74, 6) is 2.83. The molecule has 0 saturated heterocycles. The highest BCUT2D eigenvalue weighted by molar-refractivity contribution is 5.83. The molecule has 1 heterocycles. The van der Waals surface area contributed by atoms with Crippen LogP contribution < -0.4 is 5.32 Å². The molecule has 0 unspecified atom stereocenters. The van der Waals surface area contributed by atoms with Crippen LogP contribution in [0.5, 0.6) is 0 Å². The maximum absolute atomic E-state index is 12.9. The third-order valence-electron chi connectivity index (χ3n) is 6.22. The van der Waals surface area contributed by atoms with Gasteiger partial charge in [-0.25, -0.2) is 0 Å². The normalized spacial score (nSPS) is 37.0. The Morgan fingerprint density at radius 1 is 1.19 bits per heavy atom. The van der Waals surface area contributed by atoms with Gasteiger partial charge < -0.3 is 10.3 Å². The lowest BCUT2D eigenvalue weighted by atomic mass is 9.49. The first-order valence-electron chi connectivity index (χ1n) is 8.47. The quantitative estimate of drug-likeness (QED) is 0.878. The second kappa shape index (κ2) is 4.62. The van der Waals surface area contributed by atoms with E-state index in [1.807, 2.05) is 0 Å². The number of amides is 1. The second-order valence-electron chi connectivity index (χ2n) is 7.98. The Labute approximate surface area is 126 Å². The van der Waals surface area contributed by atoms with E-state index in [4.69, 9.17) is 0 Å². The van der Waals surface area contributed by atoms with E-state index >= 15 is 0 Å². The maximum Gasteiger partial charge on any atom is 0.226 e. The predicted octanol–water partition coefficient (Wildman–Crippen LogP) is 3.46. The first kappa shape index (κ1) is 13.4. The smallest absolute Gasteiger partial charge is 0.226 e. The average molecular weight is 286 g/mol. The van der Waals surface area contributed by atoms with Gasteiger partial charge in [0.15, 0.2) is 0 Å². The summed E-state index contributed by atoms with van der Waals surface area (Å²) in [6.07, 6.45) is 7.62. The average Bonchev–Trinajstić information content (AvgIpc) is 2.72. The number of aromatic nitrogens is 1. The molecule has 2 N–H and O–H groups in total. The molecule has 0 atom stereocenters. The van der Waals surface area contributed by atoms with E-state index < -0.39 is 0 Å². The Morgan fingerprint density at radius 2 is 1.76 bits per heavy atom. The van der Waals surface area contributed by atoms with Crippen LogP contribution in [0.3, 0.4) is 0 Å². The lowest BCUT2D eigenvalue weighted by Crippen LogP contribution is -2.53. The summed E-state index contributed by atoms with van der Waals surface area (Å²) in [4.78, 5) is 16.2. The molecular weight excluding hydrogens is 260 g/mol. The molecule has 4 saturated carbocycles. The van der Waals surface area contributed by atoms with Gasteiger partial charge in [-0.1, -0.05) is 0 Å².